The minimum Gasteiger partial charge on any atom is -0.454 e. The Kier molecular flexibility index (Phi) is 7.91. The van der Waals surface area contributed by atoms with E-state index in [0.29, 0.717) is 5.92 Å². The van der Waals surface area contributed by atoms with Gasteiger partial charge < -0.3 is 15.4 Å². The Labute approximate surface area is 132 Å². The normalized spacial score (nSPS) is 16.9. The number of amides is 2. The SMILES string of the molecule is CC(C)C(C)NC(=O)COC(=O)CNC(=O)C1CCCCC1. The van der Waals surface area contributed by atoms with Crippen LogP contribution in [0.1, 0.15) is 52.9 Å². The highest BCUT2D eigenvalue weighted by atomic mass is 16.5. The minimum absolute atomic E-state index is 0.0109. The van der Waals surface area contributed by atoms with Crippen molar-refractivity contribution in [1.29, 1.82) is 0 Å². The molecule has 1 saturated carbocycles. The molecule has 1 atom stereocenters. The number of rotatable bonds is 7. The van der Waals surface area contributed by atoms with Crippen molar-refractivity contribution in [2.75, 3.05) is 13.2 Å². The minimum atomic E-state index is -0.587. The van der Waals surface area contributed by atoms with E-state index in [1.165, 1.54) is 6.42 Å². The van der Waals surface area contributed by atoms with Crippen molar-refractivity contribution in [2.24, 2.45) is 11.8 Å². The monoisotopic (exact) mass is 312 g/mol. The molecule has 2 N–H and O–H groups in total. The van der Waals surface area contributed by atoms with Crippen molar-refractivity contribution in [1.82, 2.24) is 10.6 Å². The maximum absolute atomic E-state index is 11.9. The van der Waals surface area contributed by atoms with Crippen LogP contribution in [-0.2, 0) is 19.1 Å². The molecule has 0 aromatic carbocycles. The second-order valence-corrected chi connectivity index (χ2v) is 6.31. The van der Waals surface area contributed by atoms with Crippen LogP contribution >= 0.6 is 0 Å². The summed E-state index contributed by atoms with van der Waals surface area (Å²) in [6.45, 7) is 5.40. The fourth-order valence-corrected chi connectivity index (χ4v) is 2.33. The van der Waals surface area contributed by atoms with Crippen molar-refractivity contribution in [3.8, 4) is 0 Å². The summed E-state index contributed by atoms with van der Waals surface area (Å²) in [4.78, 5) is 35.0. The Morgan fingerprint density at radius 2 is 1.73 bits per heavy atom. The molecule has 0 aromatic heterocycles. The molecule has 6 heteroatoms. The van der Waals surface area contributed by atoms with Gasteiger partial charge in [-0.05, 0) is 25.7 Å². The van der Waals surface area contributed by atoms with Gasteiger partial charge in [-0.25, -0.2) is 0 Å². The van der Waals surface area contributed by atoms with E-state index < -0.39 is 5.97 Å². The van der Waals surface area contributed by atoms with Gasteiger partial charge in [0, 0.05) is 12.0 Å². The predicted molar refractivity (Wildman–Crippen MR) is 83.0 cm³/mol. The topological polar surface area (TPSA) is 84.5 Å². The first kappa shape index (κ1) is 18.5. The summed E-state index contributed by atoms with van der Waals surface area (Å²) in [7, 11) is 0. The molecule has 0 radical (unpaired) electrons. The molecule has 6 nitrogen and oxygen atoms in total. The third-order valence-electron chi connectivity index (χ3n) is 4.14. The van der Waals surface area contributed by atoms with Crippen molar-refractivity contribution < 1.29 is 19.1 Å². The fourth-order valence-electron chi connectivity index (χ4n) is 2.33. The van der Waals surface area contributed by atoms with Gasteiger partial charge in [0.2, 0.25) is 5.91 Å². The predicted octanol–water partition coefficient (Wildman–Crippen LogP) is 1.39. The Morgan fingerprint density at radius 1 is 1.09 bits per heavy atom. The molecule has 1 aliphatic carbocycles. The number of hydrogen-bond donors (Lipinski definition) is 2. The quantitative estimate of drug-likeness (QED) is 0.696. The average molecular weight is 312 g/mol. The Balaban J connectivity index is 2.17. The molecule has 1 unspecified atom stereocenters. The standard InChI is InChI=1S/C16H28N2O4/c1-11(2)12(3)18-14(19)10-22-15(20)9-17-16(21)13-7-5-4-6-8-13/h11-13H,4-10H2,1-3H3,(H,17,21)(H,18,19). The third kappa shape index (κ3) is 6.91. The lowest BCUT2D eigenvalue weighted by atomic mass is 9.89. The van der Waals surface area contributed by atoms with E-state index in [-0.39, 0.29) is 36.9 Å². The number of ether oxygens (including phenoxy) is 1. The zero-order valence-electron chi connectivity index (χ0n) is 13.8. The molecule has 0 aliphatic heterocycles. The number of esters is 1. The van der Waals surface area contributed by atoms with Crippen molar-refractivity contribution in [3.05, 3.63) is 0 Å². The van der Waals surface area contributed by atoms with Crippen LogP contribution in [0.2, 0.25) is 0 Å². The Bertz CT molecular complexity index is 390. The van der Waals surface area contributed by atoms with Gasteiger partial charge in [-0.3, -0.25) is 14.4 Å². The zero-order chi connectivity index (χ0) is 16.5. The van der Waals surface area contributed by atoms with Gasteiger partial charge in [-0.15, -0.1) is 0 Å². The van der Waals surface area contributed by atoms with E-state index in [0.717, 1.165) is 25.7 Å². The van der Waals surface area contributed by atoms with Crippen molar-refractivity contribution in [2.45, 2.75) is 58.9 Å². The lowest BCUT2D eigenvalue weighted by molar-refractivity contribution is -0.148. The molecule has 0 heterocycles. The summed E-state index contributed by atoms with van der Waals surface area (Å²) in [5, 5.41) is 5.34. The maximum Gasteiger partial charge on any atom is 0.325 e. The lowest BCUT2D eigenvalue weighted by Crippen LogP contribution is -2.40. The van der Waals surface area contributed by atoms with Gasteiger partial charge in [-0.2, -0.15) is 0 Å². The number of carbonyl (C=O) groups excluding carboxylic acids is 3. The van der Waals surface area contributed by atoms with E-state index in [1.54, 1.807) is 0 Å². The van der Waals surface area contributed by atoms with Gasteiger partial charge in [0.1, 0.15) is 6.54 Å². The Hall–Kier alpha value is -1.59. The van der Waals surface area contributed by atoms with Crippen LogP contribution in [0.3, 0.4) is 0 Å². The second-order valence-electron chi connectivity index (χ2n) is 6.31. The van der Waals surface area contributed by atoms with Gasteiger partial charge in [-0.1, -0.05) is 33.1 Å². The molecule has 0 saturated heterocycles. The second kappa shape index (κ2) is 9.43. The molecule has 1 fully saturated rings. The summed E-state index contributed by atoms with van der Waals surface area (Å²) < 4.78 is 4.86. The molecule has 0 bridgehead atoms. The third-order valence-corrected chi connectivity index (χ3v) is 4.14. The van der Waals surface area contributed by atoms with Gasteiger partial charge in [0.15, 0.2) is 6.61 Å². The molecule has 1 rings (SSSR count). The van der Waals surface area contributed by atoms with E-state index in [4.69, 9.17) is 4.74 Å². The van der Waals surface area contributed by atoms with E-state index >= 15 is 0 Å². The largest absolute Gasteiger partial charge is 0.454 e. The molecule has 2 amide bonds. The number of nitrogens with one attached hydrogen (secondary N) is 2. The highest BCUT2D eigenvalue weighted by Crippen LogP contribution is 2.23. The Morgan fingerprint density at radius 3 is 2.32 bits per heavy atom. The highest BCUT2D eigenvalue weighted by molar-refractivity contribution is 5.85. The van der Waals surface area contributed by atoms with E-state index in [1.807, 2.05) is 20.8 Å². The zero-order valence-corrected chi connectivity index (χ0v) is 13.8. The molecular weight excluding hydrogens is 284 g/mol. The number of carbonyl (C=O) groups is 3. The van der Waals surface area contributed by atoms with Gasteiger partial charge in [0.25, 0.3) is 5.91 Å². The van der Waals surface area contributed by atoms with Crippen LogP contribution in [0, 0.1) is 11.8 Å². The molecule has 0 aromatic rings. The highest BCUT2D eigenvalue weighted by Gasteiger charge is 2.21. The van der Waals surface area contributed by atoms with Crippen LogP contribution in [0.25, 0.3) is 0 Å². The summed E-state index contributed by atoms with van der Waals surface area (Å²) in [5.74, 6) is -0.676. The van der Waals surface area contributed by atoms with Crippen LogP contribution in [0.4, 0.5) is 0 Å². The van der Waals surface area contributed by atoms with Gasteiger partial charge in [0.05, 0.1) is 0 Å². The average Bonchev–Trinajstić information content (AvgIpc) is 2.51. The molecule has 1 aliphatic rings. The summed E-state index contributed by atoms with van der Waals surface area (Å²) in [6.07, 6.45) is 5.08. The van der Waals surface area contributed by atoms with E-state index in [2.05, 4.69) is 10.6 Å². The van der Waals surface area contributed by atoms with Crippen LogP contribution in [-0.4, -0.2) is 37.0 Å². The van der Waals surface area contributed by atoms with Crippen LogP contribution < -0.4 is 10.6 Å². The smallest absolute Gasteiger partial charge is 0.325 e. The summed E-state index contributed by atoms with van der Waals surface area (Å²) >= 11 is 0. The molecule has 126 valence electrons. The first-order valence-electron chi connectivity index (χ1n) is 8.13. The van der Waals surface area contributed by atoms with Crippen LogP contribution in [0.15, 0.2) is 0 Å². The summed E-state index contributed by atoms with van der Waals surface area (Å²) in [6, 6.07) is 0.0252. The first-order chi connectivity index (χ1) is 10.4. The maximum atomic E-state index is 11.9. The van der Waals surface area contributed by atoms with Gasteiger partial charge >= 0.3 is 5.97 Å². The first-order valence-corrected chi connectivity index (χ1v) is 8.13. The number of hydrogen-bond acceptors (Lipinski definition) is 4. The van der Waals surface area contributed by atoms with Crippen molar-refractivity contribution >= 4 is 17.8 Å². The fraction of sp³-hybridized carbons (Fsp3) is 0.812. The molecule has 22 heavy (non-hydrogen) atoms. The molecule has 0 spiro atoms. The van der Waals surface area contributed by atoms with E-state index in [9.17, 15) is 14.4 Å². The van der Waals surface area contributed by atoms with Crippen molar-refractivity contribution in [3.63, 3.8) is 0 Å². The lowest BCUT2D eigenvalue weighted by Gasteiger charge is -2.20. The summed E-state index contributed by atoms with van der Waals surface area (Å²) in [5.41, 5.74) is 0. The van der Waals surface area contributed by atoms with Crippen LogP contribution in [0.5, 0.6) is 0 Å². The molecular formula is C16H28N2O4.